The predicted molar refractivity (Wildman–Crippen MR) is 75.9 cm³/mol. The zero-order chi connectivity index (χ0) is 14.5. The molecule has 2 aromatic rings. The quantitative estimate of drug-likeness (QED) is 0.878. The zero-order valence-electron chi connectivity index (χ0n) is 11.6. The Morgan fingerprint density at radius 1 is 1.30 bits per heavy atom. The molecule has 2 heterocycles. The predicted octanol–water partition coefficient (Wildman–Crippen LogP) is 2.01. The Morgan fingerprint density at radius 2 is 2.10 bits per heavy atom. The van der Waals surface area contributed by atoms with Crippen LogP contribution in [-0.2, 0) is 6.54 Å². The van der Waals surface area contributed by atoms with E-state index < -0.39 is 0 Å². The lowest BCUT2D eigenvalue weighted by Gasteiger charge is -2.15. The van der Waals surface area contributed by atoms with Gasteiger partial charge in [0.2, 0.25) is 11.2 Å². The van der Waals surface area contributed by atoms with E-state index in [4.69, 9.17) is 16.3 Å². The molecule has 0 bridgehead atoms. The first-order valence-corrected chi connectivity index (χ1v) is 6.71. The molecule has 1 unspecified atom stereocenters. The van der Waals surface area contributed by atoms with E-state index in [1.165, 1.54) is 0 Å². The van der Waals surface area contributed by atoms with Crippen LogP contribution in [0.4, 0.5) is 5.95 Å². The van der Waals surface area contributed by atoms with Crippen molar-refractivity contribution in [3.8, 4) is 6.01 Å². The van der Waals surface area contributed by atoms with Crippen LogP contribution in [0.25, 0.3) is 0 Å². The van der Waals surface area contributed by atoms with Gasteiger partial charge >= 0.3 is 6.01 Å². The molecule has 0 aliphatic rings. The van der Waals surface area contributed by atoms with Crippen LogP contribution < -0.4 is 10.1 Å². The number of imidazole rings is 1. The van der Waals surface area contributed by atoms with Gasteiger partial charge in [-0.2, -0.15) is 15.0 Å². The van der Waals surface area contributed by atoms with Crippen molar-refractivity contribution in [3.05, 3.63) is 24.0 Å². The van der Waals surface area contributed by atoms with Crippen LogP contribution in [0.5, 0.6) is 6.01 Å². The van der Waals surface area contributed by atoms with E-state index >= 15 is 0 Å². The van der Waals surface area contributed by atoms with Crippen molar-refractivity contribution < 1.29 is 4.74 Å². The smallest absolute Gasteiger partial charge is 0.322 e. The summed E-state index contributed by atoms with van der Waals surface area (Å²) in [5.74, 6) is 0.397. The van der Waals surface area contributed by atoms with E-state index in [9.17, 15) is 0 Å². The lowest BCUT2D eigenvalue weighted by Crippen LogP contribution is -2.23. The Labute approximate surface area is 122 Å². The van der Waals surface area contributed by atoms with E-state index in [2.05, 4.69) is 25.3 Å². The van der Waals surface area contributed by atoms with Crippen molar-refractivity contribution in [2.75, 3.05) is 5.32 Å². The first-order chi connectivity index (χ1) is 9.52. The summed E-state index contributed by atoms with van der Waals surface area (Å²) in [6.45, 7) is 6.54. The molecule has 0 fully saturated rings. The third kappa shape index (κ3) is 4.34. The molecule has 1 atom stereocenters. The molecule has 0 radical (unpaired) electrons. The highest BCUT2D eigenvalue weighted by atomic mass is 35.5. The number of ether oxygens (including phenoxy) is 1. The van der Waals surface area contributed by atoms with Gasteiger partial charge in [-0.1, -0.05) is 0 Å². The third-order valence-corrected chi connectivity index (χ3v) is 2.52. The standard InChI is InChI=1S/C12H17ClN6O/c1-8(2)20-12-17-10(13)16-11(18-12)15-9(3)6-19-5-4-14-7-19/h4-5,7-9H,6H2,1-3H3,(H,15,16,17,18). The van der Waals surface area contributed by atoms with Gasteiger partial charge in [-0.15, -0.1) is 0 Å². The summed E-state index contributed by atoms with van der Waals surface area (Å²) in [6, 6.07) is 0.326. The molecular formula is C12H17ClN6O. The molecule has 0 aliphatic heterocycles. The van der Waals surface area contributed by atoms with Gasteiger partial charge in [0.15, 0.2) is 0 Å². The van der Waals surface area contributed by atoms with Crippen LogP contribution in [-0.4, -0.2) is 36.6 Å². The Morgan fingerprint density at radius 3 is 2.75 bits per heavy atom. The number of nitrogens with one attached hydrogen (secondary N) is 1. The van der Waals surface area contributed by atoms with Gasteiger partial charge in [0.05, 0.1) is 12.4 Å². The van der Waals surface area contributed by atoms with E-state index in [1.807, 2.05) is 31.5 Å². The summed E-state index contributed by atoms with van der Waals surface area (Å²) in [4.78, 5) is 16.1. The van der Waals surface area contributed by atoms with E-state index in [1.54, 1.807) is 12.5 Å². The molecule has 0 aromatic carbocycles. The average Bonchev–Trinajstić information content (AvgIpc) is 2.79. The molecule has 8 heteroatoms. The van der Waals surface area contributed by atoms with Gasteiger partial charge in [0.25, 0.3) is 0 Å². The van der Waals surface area contributed by atoms with Crippen molar-refractivity contribution >= 4 is 17.5 Å². The number of nitrogens with zero attached hydrogens (tertiary/aromatic N) is 5. The van der Waals surface area contributed by atoms with Gasteiger partial charge in [-0.05, 0) is 32.4 Å². The molecule has 7 nitrogen and oxygen atoms in total. The lowest BCUT2D eigenvalue weighted by molar-refractivity contribution is 0.222. The maximum Gasteiger partial charge on any atom is 0.322 e. The molecule has 2 rings (SSSR count). The fourth-order valence-corrected chi connectivity index (χ4v) is 1.79. The lowest BCUT2D eigenvalue weighted by atomic mass is 10.3. The molecule has 0 saturated heterocycles. The van der Waals surface area contributed by atoms with Crippen molar-refractivity contribution in [3.63, 3.8) is 0 Å². The second-order valence-corrected chi connectivity index (χ2v) is 5.02. The van der Waals surface area contributed by atoms with Gasteiger partial charge in [0, 0.05) is 25.0 Å². The number of halogens is 1. The number of rotatable bonds is 6. The second-order valence-electron chi connectivity index (χ2n) is 4.68. The first kappa shape index (κ1) is 14.5. The van der Waals surface area contributed by atoms with Gasteiger partial charge in [0.1, 0.15) is 0 Å². The summed E-state index contributed by atoms with van der Waals surface area (Å²) in [7, 11) is 0. The Kier molecular flexibility index (Phi) is 4.73. The molecule has 108 valence electrons. The summed E-state index contributed by atoms with van der Waals surface area (Å²) < 4.78 is 7.39. The maximum absolute atomic E-state index is 5.86. The van der Waals surface area contributed by atoms with Gasteiger partial charge in [-0.3, -0.25) is 0 Å². The molecule has 20 heavy (non-hydrogen) atoms. The van der Waals surface area contributed by atoms with Crippen LogP contribution in [0.1, 0.15) is 20.8 Å². The van der Waals surface area contributed by atoms with Crippen LogP contribution in [0.15, 0.2) is 18.7 Å². The van der Waals surface area contributed by atoms with Crippen LogP contribution >= 0.6 is 11.6 Å². The SMILES string of the molecule is CC(Cn1ccnc1)Nc1nc(Cl)nc(OC(C)C)n1. The van der Waals surface area contributed by atoms with Crippen LogP contribution in [0.2, 0.25) is 5.28 Å². The fourth-order valence-electron chi connectivity index (χ4n) is 1.64. The minimum Gasteiger partial charge on any atom is -0.461 e. The molecule has 0 aliphatic carbocycles. The molecule has 0 amide bonds. The van der Waals surface area contributed by atoms with Crippen molar-refractivity contribution in [1.82, 2.24) is 24.5 Å². The number of hydrogen-bond acceptors (Lipinski definition) is 6. The average molecular weight is 297 g/mol. The third-order valence-electron chi connectivity index (χ3n) is 2.35. The fraction of sp³-hybridized carbons (Fsp3) is 0.500. The van der Waals surface area contributed by atoms with E-state index in [-0.39, 0.29) is 23.4 Å². The summed E-state index contributed by atoms with van der Waals surface area (Å²) in [6.07, 6.45) is 5.36. The molecule has 0 saturated carbocycles. The first-order valence-electron chi connectivity index (χ1n) is 6.33. The number of hydrogen-bond donors (Lipinski definition) is 1. The molecule has 0 spiro atoms. The minimum absolute atomic E-state index is 0.0234. The highest BCUT2D eigenvalue weighted by molar-refractivity contribution is 6.28. The molecule has 1 N–H and O–H groups in total. The van der Waals surface area contributed by atoms with Crippen LogP contribution in [0.3, 0.4) is 0 Å². The topological polar surface area (TPSA) is 77.8 Å². The number of aromatic nitrogens is 5. The van der Waals surface area contributed by atoms with Crippen molar-refractivity contribution in [2.45, 2.75) is 39.5 Å². The van der Waals surface area contributed by atoms with Gasteiger partial charge in [-0.25, -0.2) is 4.98 Å². The summed E-state index contributed by atoms with van der Waals surface area (Å²) >= 11 is 5.86. The largest absolute Gasteiger partial charge is 0.461 e. The maximum atomic E-state index is 5.86. The Balaban J connectivity index is 2.02. The summed E-state index contributed by atoms with van der Waals surface area (Å²) in [5.41, 5.74) is 0. The normalized spacial score (nSPS) is 12.4. The van der Waals surface area contributed by atoms with Gasteiger partial charge < -0.3 is 14.6 Å². The van der Waals surface area contributed by atoms with Crippen molar-refractivity contribution in [2.24, 2.45) is 0 Å². The monoisotopic (exact) mass is 296 g/mol. The van der Waals surface area contributed by atoms with E-state index in [0.717, 1.165) is 6.54 Å². The van der Waals surface area contributed by atoms with Crippen LogP contribution in [0, 0.1) is 0 Å². The van der Waals surface area contributed by atoms with E-state index in [0.29, 0.717) is 5.95 Å². The van der Waals surface area contributed by atoms with Crippen molar-refractivity contribution in [1.29, 1.82) is 0 Å². The minimum atomic E-state index is -0.0234. The summed E-state index contributed by atoms with van der Waals surface area (Å²) in [5, 5.41) is 3.26. The highest BCUT2D eigenvalue weighted by Crippen LogP contribution is 2.13. The highest BCUT2D eigenvalue weighted by Gasteiger charge is 2.10. The Bertz CT molecular complexity index is 545. The number of anilines is 1. The zero-order valence-corrected chi connectivity index (χ0v) is 12.4. The molecule has 2 aromatic heterocycles. The Hall–Kier alpha value is -1.89. The molecular weight excluding hydrogens is 280 g/mol. The second kappa shape index (κ2) is 6.51.